The molecule has 1 aliphatic carbocycles. The van der Waals surface area contributed by atoms with Crippen LogP contribution in [0.5, 0.6) is 0 Å². The lowest BCUT2D eigenvalue weighted by Gasteiger charge is -2.22. The van der Waals surface area contributed by atoms with Gasteiger partial charge in [0, 0.05) is 24.2 Å². The maximum absolute atomic E-state index is 12.3. The van der Waals surface area contributed by atoms with Crippen molar-refractivity contribution in [1.82, 2.24) is 9.78 Å². The Bertz CT molecular complexity index is 624. The van der Waals surface area contributed by atoms with E-state index in [1.165, 1.54) is 0 Å². The van der Waals surface area contributed by atoms with Crippen molar-refractivity contribution in [2.24, 2.45) is 5.92 Å². The fourth-order valence-electron chi connectivity index (χ4n) is 3.10. The number of nitrogens with zero attached hydrogens (tertiary/aromatic N) is 3. The normalized spacial score (nSPS) is 17.5. The SMILES string of the molecule is CCCCCn1ncc(C#N)c1NC1=CC(=O)C(CCCC)CC1. The smallest absolute Gasteiger partial charge is 0.160 e. The average Bonchev–Trinajstić information content (AvgIpc) is 2.96. The molecule has 5 heteroatoms. The molecule has 0 saturated heterocycles. The number of nitrogens with one attached hydrogen (secondary N) is 1. The summed E-state index contributed by atoms with van der Waals surface area (Å²) in [7, 11) is 0. The van der Waals surface area contributed by atoms with E-state index in [2.05, 4.69) is 30.3 Å². The third kappa shape index (κ3) is 4.70. The maximum Gasteiger partial charge on any atom is 0.160 e. The molecule has 1 atom stereocenters. The Hall–Kier alpha value is -2.09. The van der Waals surface area contributed by atoms with Crippen LogP contribution in [0, 0.1) is 17.2 Å². The summed E-state index contributed by atoms with van der Waals surface area (Å²) >= 11 is 0. The molecule has 0 amide bonds. The summed E-state index contributed by atoms with van der Waals surface area (Å²) in [5.41, 5.74) is 1.44. The average molecular weight is 328 g/mol. The third-order valence-electron chi connectivity index (χ3n) is 4.60. The molecule has 1 aliphatic rings. The minimum atomic E-state index is 0.167. The van der Waals surface area contributed by atoms with Crippen molar-refractivity contribution in [3.05, 3.63) is 23.5 Å². The summed E-state index contributed by atoms with van der Waals surface area (Å²) < 4.78 is 1.85. The second-order valence-corrected chi connectivity index (χ2v) is 6.52. The highest BCUT2D eigenvalue weighted by Crippen LogP contribution is 2.27. The van der Waals surface area contributed by atoms with Gasteiger partial charge in [0.1, 0.15) is 17.5 Å². The van der Waals surface area contributed by atoms with E-state index in [-0.39, 0.29) is 11.7 Å². The largest absolute Gasteiger partial charge is 0.343 e. The molecule has 1 unspecified atom stereocenters. The van der Waals surface area contributed by atoms with Crippen LogP contribution >= 0.6 is 0 Å². The van der Waals surface area contributed by atoms with E-state index in [1.807, 2.05) is 4.68 Å². The zero-order valence-electron chi connectivity index (χ0n) is 14.8. The first-order chi connectivity index (χ1) is 11.7. The topological polar surface area (TPSA) is 70.7 Å². The molecular formula is C19H28N4O. The lowest BCUT2D eigenvalue weighted by molar-refractivity contribution is -0.119. The van der Waals surface area contributed by atoms with Gasteiger partial charge in [-0.1, -0.05) is 39.5 Å². The Morgan fingerprint density at radius 2 is 2.12 bits per heavy atom. The number of unbranched alkanes of at least 4 members (excludes halogenated alkanes) is 3. The molecule has 0 aromatic carbocycles. The molecular weight excluding hydrogens is 300 g/mol. The van der Waals surface area contributed by atoms with Gasteiger partial charge in [-0.15, -0.1) is 0 Å². The molecule has 0 bridgehead atoms. The van der Waals surface area contributed by atoms with Crippen molar-refractivity contribution in [3.63, 3.8) is 0 Å². The first kappa shape index (κ1) is 18.3. The summed E-state index contributed by atoms with van der Waals surface area (Å²) in [6.45, 7) is 5.10. The lowest BCUT2D eigenvalue weighted by atomic mass is 9.87. The first-order valence-corrected chi connectivity index (χ1v) is 9.16. The summed E-state index contributed by atoms with van der Waals surface area (Å²) in [4.78, 5) is 12.3. The summed E-state index contributed by atoms with van der Waals surface area (Å²) in [6.07, 6.45) is 11.6. The Labute approximate surface area is 144 Å². The first-order valence-electron chi connectivity index (χ1n) is 9.16. The number of anilines is 1. The number of aromatic nitrogens is 2. The van der Waals surface area contributed by atoms with Crippen LogP contribution in [0.4, 0.5) is 5.82 Å². The quantitative estimate of drug-likeness (QED) is 0.682. The Kier molecular flexibility index (Phi) is 7.05. The van der Waals surface area contributed by atoms with Crippen LogP contribution in [0.25, 0.3) is 0 Å². The Balaban J connectivity index is 2.06. The van der Waals surface area contributed by atoms with Crippen LogP contribution in [0.2, 0.25) is 0 Å². The number of ketones is 1. The van der Waals surface area contributed by atoms with E-state index in [4.69, 9.17) is 0 Å². The van der Waals surface area contributed by atoms with Gasteiger partial charge >= 0.3 is 0 Å². The number of rotatable bonds is 9. The number of allylic oxidation sites excluding steroid dienone is 2. The second kappa shape index (κ2) is 9.27. The lowest BCUT2D eigenvalue weighted by Crippen LogP contribution is -2.21. The zero-order chi connectivity index (χ0) is 17.4. The van der Waals surface area contributed by atoms with Crippen molar-refractivity contribution in [2.75, 3.05) is 5.32 Å². The highest BCUT2D eigenvalue weighted by Gasteiger charge is 2.23. The predicted octanol–water partition coefficient (Wildman–Crippen LogP) is 4.41. The molecule has 0 radical (unpaired) electrons. The van der Waals surface area contributed by atoms with Gasteiger partial charge in [-0.2, -0.15) is 10.4 Å². The van der Waals surface area contributed by atoms with E-state index in [0.29, 0.717) is 5.56 Å². The number of carbonyl (C=O) groups is 1. The second-order valence-electron chi connectivity index (χ2n) is 6.52. The molecule has 0 aliphatic heterocycles. The molecule has 1 N–H and O–H groups in total. The number of aryl methyl sites for hydroxylation is 1. The van der Waals surface area contributed by atoms with Crippen molar-refractivity contribution in [3.8, 4) is 6.07 Å². The van der Waals surface area contributed by atoms with E-state index >= 15 is 0 Å². The van der Waals surface area contributed by atoms with Gasteiger partial charge in [0.25, 0.3) is 0 Å². The fourth-order valence-corrected chi connectivity index (χ4v) is 3.10. The van der Waals surface area contributed by atoms with E-state index in [0.717, 1.165) is 69.4 Å². The van der Waals surface area contributed by atoms with Crippen LogP contribution in [-0.4, -0.2) is 15.6 Å². The maximum atomic E-state index is 12.3. The van der Waals surface area contributed by atoms with Gasteiger partial charge in [-0.05, 0) is 25.7 Å². The van der Waals surface area contributed by atoms with E-state index in [1.54, 1.807) is 12.3 Å². The Morgan fingerprint density at radius 3 is 2.79 bits per heavy atom. The van der Waals surface area contributed by atoms with Gasteiger partial charge in [-0.25, -0.2) is 4.68 Å². The molecule has 24 heavy (non-hydrogen) atoms. The predicted molar refractivity (Wildman–Crippen MR) is 95.4 cm³/mol. The minimum Gasteiger partial charge on any atom is -0.343 e. The highest BCUT2D eigenvalue weighted by molar-refractivity contribution is 5.93. The van der Waals surface area contributed by atoms with Crippen molar-refractivity contribution >= 4 is 11.6 Å². The Morgan fingerprint density at radius 1 is 1.33 bits per heavy atom. The van der Waals surface area contributed by atoms with Gasteiger partial charge in [-0.3, -0.25) is 4.79 Å². The standard InChI is InChI=1S/C19H28N4O/c1-3-5-7-11-23-19(16(13-20)14-21-23)22-17-10-9-15(8-6-4-2)18(24)12-17/h12,14-15,22H,3-11H2,1-2H3. The van der Waals surface area contributed by atoms with Crippen LogP contribution in [0.3, 0.4) is 0 Å². The fraction of sp³-hybridized carbons (Fsp3) is 0.632. The van der Waals surface area contributed by atoms with Crippen molar-refractivity contribution in [1.29, 1.82) is 5.26 Å². The summed E-state index contributed by atoms with van der Waals surface area (Å²) in [5, 5.41) is 16.9. The molecule has 0 saturated carbocycles. The minimum absolute atomic E-state index is 0.167. The van der Waals surface area contributed by atoms with Crippen molar-refractivity contribution < 1.29 is 4.79 Å². The third-order valence-corrected chi connectivity index (χ3v) is 4.60. The van der Waals surface area contributed by atoms with Crippen LogP contribution < -0.4 is 5.32 Å². The van der Waals surface area contributed by atoms with Crippen molar-refractivity contribution in [2.45, 2.75) is 71.8 Å². The van der Waals surface area contributed by atoms with Gasteiger partial charge < -0.3 is 5.32 Å². The van der Waals surface area contributed by atoms with Crippen LogP contribution in [-0.2, 0) is 11.3 Å². The summed E-state index contributed by atoms with van der Waals surface area (Å²) in [5.74, 6) is 1.10. The molecule has 1 aromatic heterocycles. The number of hydrogen-bond donors (Lipinski definition) is 1. The number of hydrogen-bond acceptors (Lipinski definition) is 4. The molecule has 5 nitrogen and oxygen atoms in total. The molecule has 0 spiro atoms. The number of carbonyl (C=O) groups excluding carboxylic acids is 1. The van der Waals surface area contributed by atoms with Gasteiger partial charge in [0.2, 0.25) is 0 Å². The zero-order valence-corrected chi connectivity index (χ0v) is 14.8. The van der Waals surface area contributed by atoms with Crippen LogP contribution in [0.15, 0.2) is 18.0 Å². The highest BCUT2D eigenvalue weighted by atomic mass is 16.1. The summed E-state index contributed by atoms with van der Waals surface area (Å²) in [6, 6.07) is 2.19. The number of nitriles is 1. The van der Waals surface area contributed by atoms with E-state index in [9.17, 15) is 10.1 Å². The molecule has 0 fully saturated rings. The van der Waals surface area contributed by atoms with Crippen LogP contribution in [0.1, 0.15) is 70.8 Å². The molecule has 2 rings (SSSR count). The van der Waals surface area contributed by atoms with Gasteiger partial charge in [0.15, 0.2) is 5.78 Å². The van der Waals surface area contributed by atoms with Gasteiger partial charge in [0.05, 0.1) is 6.20 Å². The molecule has 1 heterocycles. The van der Waals surface area contributed by atoms with E-state index < -0.39 is 0 Å². The molecule has 1 aromatic rings. The monoisotopic (exact) mass is 328 g/mol. The molecule has 130 valence electrons.